The van der Waals surface area contributed by atoms with E-state index in [1.807, 2.05) is 0 Å². The van der Waals surface area contributed by atoms with E-state index in [2.05, 4.69) is 21.7 Å². The van der Waals surface area contributed by atoms with Crippen LogP contribution in [-0.2, 0) is 4.79 Å². The van der Waals surface area contributed by atoms with E-state index < -0.39 is 0 Å². The average Bonchev–Trinajstić information content (AvgIpc) is 1.68. The van der Waals surface area contributed by atoms with Crippen molar-refractivity contribution in [2.24, 2.45) is 0 Å². The number of hydrogen-bond donors (Lipinski definition) is 3. The summed E-state index contributed by atoms with van der Waals surface area (Å²) in [6.07, 6.45) is 1.30. The summed E-state index contributed by atoms with van der Waals surface area (Å²) in [6.45, 7) is 0. The lowest BCUT2D eigenvalue weighted by molar-refractivity contribution is -0.116. The van der Waals surface area contributed by atoms with Gasteiger partial charge in [0.25, 0.3) is 5.91 Å². The zero-order valence-electron chi connectivity index (χ0n) is 3.89. The van der Waals surface area contributed by atoms with Gasteiger partial charge in [-0.3, -0.25) is 10.2 Å². The van der Waals surface area contributed by atoms with Gasteiger partial charge in [-0.15, -0.1) is 0 Å². The molecule has 0 atom stereocenters. The van der Waals surface area contributed by atoms with Gasteiger partial charge in [-0.05, 0) is 5.41 Å². The third-order valence-electron chi connectivity index (χ3n) is 0.396. The summed E-state index contributed by atoms with van der Waals surface area (Å²) in [4.78, 5) is 10.3. The Morgan fingerprint density at radius 3 is 2.75 bits per heavy atom. The zero-order valence-corrected chi connectivity index (χ0v) is 6.94. The van der Waals surface area contributed by atoms with E-state index in [1.165, 1.54) is 11.5 Å². The summed E-state index contributed by atoms with van der Waals surface area (Å²) in [5.74, 6) is -0.214. The van der Waals surface area contributed by atoms with Crippen LogP contribution >= 0.6 is 35.5 Å². The third kappa shape index (κ3) is 4.41. The molecule has 0 aliphatic heterocycles. The molecule has 0 fully saturated rings. The number of hydrazine groups is 1. The van der Waals surface area contributed by atoms with Crippen LogP contribution in [0.15, 0.2) is 11.5 Å². The maximum absolute atomic E-state index is 10.3. The number of hydrogen-bond acceptors (Lipinski definition) is 3. The second-order valence-electron chi connectivity index (χ2n) is 0.899. The van der Waals surface area contributed by atoms with E-state index in [9.17, 15) is 4.79 Å². The van der Waals surface area contributed by atoms with Crippen LogP contribution in [0, 0.1) is 0 Å². The van der Waals surface area contributed by atoms with Crippen molar-refractivity contribution in [3.63, 3.8) is 0 Å². The molecule has 2 N–H and O–H groups in total. The first-order chi connectivity index (χ1) is 3.81. The van der Waals surface area contributed by atoms with Gasteiger partial charge < -0.3 is 0 Å². The number of amides is 1. The smallest absolute Gasteiger partial charge is 0.259 e. The van der Waals surface area contributed by atoms with E-state index in [-0.39, 0.29) is 5.91 Å². The lowest BCUT2D eigenvalue weighted by atomic mass is 10.6. The van der Waals surface area contributed by atoms with Gasteiger partial charge in [0, 0.05) is 28.9 Å². The number of nitrogens with one attached hydrogen (secondary N) is 2. The topological polar surface area (TPSA) is 41.1 Å². The molecule has 0 aliphatic rings. The SMILES string of the molecule is O=C(/C=C/S)NNI. The van der Waals surface area contributed by atoms with Gasteiger partial charge in [0.05, 0.1) is 0 Å². The maximum atomic E-state index is 10.3. The fourth-order valence-corrected chi connectivity index (χ4v) is 0.557. The van der Waals surface area contributed by atoms with Crippen LogP contribution < -0.4 is 9.06 Å². The lowest BCUT2D eigenvalue weighted by Gasteiger charge is -1.91. The van der Waals surface area contributed by atoms with Crippen LogP contribution in [-0.4, -0.2) is 5.91 Å². The molecule has 8 heavy (non-hydrogen) atoms. The monoisotopic (exact) mass is 244 g/mol. The van der Waals surface area contributed by atoms with Gasteiger partial charge in [-0.25, -0.2) is 0 Å². The van der Waals surface area contributed by atoms with Gasteiger partial charge >= 0.3 is 0 Å². The highest BCUT2D eigenvalue weighted by Gasteiger charge is 1.86. The van der Waals surface area contributed by atoms with Crippen molar-refractivity contribution in [1.82, 2.24) is 9.06 Å². The molecule has 0 spiro atoms. The first-order valence-electron chi connectivity index (χ1n) is 1.77. The highest BCUT2D eigenvalue weighted by atomic mass is 127. The van der Waals surface area contributed by atoms with Gasteiger partial charge in [-0.1, -0.05) is 0 Å². The Balaban J connectivity index is 3.33. The van der Waals surface area contributed by atoms with E-state index in [1.54, 1.807) is 22.9 Å². The molecule has 0 heterocycles. The quantitative estimate of drug-likeness (QED) is 0.216. The highest BCUT2D eigenvalue weighted by Crippen LogP contribution is 1.75. The Kier molecular flexibility index (Phi) is 5.56. The molecule has 1 amide bonds. The molecular weight excluding hydrogens is 239 g/mol. The average molecular weight is 244 g/mol. The van der Waals surface area contributed by atoms with Crippen molar-refractivity contribution >= 4 is 41.4 Å². The van der Waals surface area contributed by atoms with Crippen molar-refractivity contribution in [2.45, 2.75) is 0 Å². The number of halogens is 1. The molecule has 0 bridgehead atoms. The summed E-state index contributed by atoms with van der Waals surface area (Å²) in [5.41, 5.74) is 2.31. The molecule has 0 aromatic rings. The largest absolute Gasteiger partial charge is 0.279 e. The van der Waals surface area contributed by atoms with Crippen LogP contribution in [0.2, 0.25) is 0 Å². The van der Waals surface area contributed by atoms with Crippen molar-refractivity contribution in [1.29, 1.82) is 0 Å². The molecule has 0 rings (SSSR count). The molecule has 0 aliphatic carbocycles. The third-order valence-corrected chi connectivity index (χ3v) is 0.815. The summed E-state index contributed by atoms with van der Waals surface area (Å²) >= 11 is 5.48. The van der Waals surface area contributed by atoms with Crippen molar-refractivity contribution < 1.29 is 4.79 Å². The first-order valence-corrected chi connectivity index (χ1v) is 3.37. The fraction of sp³-hybridized carbons (Fsp3) is 0. The Hall–Kier alpha value is 0.250. The van der Waals surface area contributed by atoms with Gasteiger partial charge in [0.1, 0.15) is 0 Å². The predicted octanol–water partition coefficient (Wildman–Crippen LogP) is 0.401. The number of thiol groups is 1. The standard InChI is InChI=1S/C3H5IN2OS/c4-6-5-3(7)1-2-8/h1-2,6,8H,(H,5,7)/b2-1+. The minimum Gasteiger partial charge on any atom is -0.279 e. The Bertz CT molecular complexity index is 105. The Morgan fingerprint density at radius 2 is 2.38 bits per heavy atom. The second-order valence-corrected chi connectivity index (χ2v) is 1.74. The van der Waals surface area contributed by atoms with Crippen molar-refractivity contribution in [3.8, 4) is 0 Å². The zero-order chi connectivity index (χ0) is 6.41. The normalized spacial score (nSPS) is 9.75. The van der Waals surface area contributed by atoms with Crippen molar-refractivity contribution in [2.75, 3.05) is 0 Å². The minimum absolute atomic E-state index is 0.214. The summed E-state index contributed by atoms with van der Waals surface area (Å²) in [7, 11) is 0. The second kappa shape index (κ2) is 5.39. The van der Waals surface area contributed by atoms with Crippen molar-refractivity contribution in [3.05, 3.63) is 11.5 Å². The Morgan fingerprint density at radius 1 is 1.75 bits per heavy atom. The summed E-state index contributed by atoms with van der Waals surface area (Å²) < 4.78 is 2.44. The van der Waals surface area contributed by atoms with Crippen LogP contribution in [0.3, 0.4) is 0 Å². The number of carbonyl (C=O) groups is 1. The summed E-state index contributed by atoms with van der Waals surface area (Å²) in [6, 6.07) is 0. The van der Waals surface area contributed by atoms with Crippen LogP contribution in [0.1, 0.15) is 0 Å². The van der Waals surface area contributed by atoms with E-state index in [0.29, 0.717) is 0 Å². The molecule has 0 unspecified atom stereocenters. The molecule has 0 radical (unpaired) electrons. The van der Waals surface area contributed by atoms with E-state index in [0.717, 1.165) is 0 Å². The molecule has 46 valence electrons. The molecule has 0 aromatic carbocycles. The van der Waals surface area contributed by atoms with Crippen LogP contribution in [0.5, 0.6) is 0 Å². The van der Waals surface area contributed by atoms with Crippen LogP contribution in [0.4, 0.5) is 0 Å². The molecule has 0 saturated carbocycles. The molecule has 0 aromatic heterocycles. The minimum atomic E-state index is -0.214. The Labute approximate surface area is 66.8 Å². The maximum Gasteiger partial charge on any atom is 0.259 e. The molecule has 5 heteroatoms. The predicted molar refractivity (Wildman–Crippen MR) is 43.4 cm³/mol. The number of carbonyl (C=O) groups excluding carboxylic acids is 1. The molecule has 0 saturated heterocycles. The lowest BCUT2D eigenvalue weighted by Crippen LogP contribution is -2.27. The first kappa shape index (κ1) is 8.25. The van der Waals surface area contributed by atoms with E-state index in [4.69, 9.17) is 0 Å². The summed E-state index contributed by atoms with van der Waals surface area (Å²) in [5, 5.41) is 1.36. The van der Waals surface area contributed by atoms with Gasteiger partial charge in [0.2, 0.25) is 0 Å². The van der Waals surface area contributed by atoms with Gasteiger partial charge in [-0.2, -0.15) is 16.3 Å². The fourth-order valence-electron chi connectivity index (χ4n) is 0.156. The van der Waals surface area contributed by atoms with E-state index >= 15 is 0 Å². The number of rotatable bonds is 2. The molecular formula is C3H5IN2OS. The molecule has 3 nitrogen and oxygen atoms in total. The van der Waals surface area contributed by atoms with Gasteiger partial charge in [0.15, 0.2) is 0 Å². The van der Waals surface area contributed by atoms with Crippen LogP contribution in [0.25, 0.3) is 0 Å². The highest BCUT2D eigenvalue weighted by molar-refractivity contribution is 14.1.